The summed E-state index contributed by atoms with van der Waals surface area (Å²) in [6.07, 6.45) is 61.9. The van der Waals surface area contributed by atoms with Gasteiger partial charge >= 0.3 is 17.9 Å². The number of rotatable bonds is 52. The Hall–Kier alpha value is -2.11. The molecule has 0 aromatic rings. The maximum atomic E-state index is 12.8. The van der Waals surface area contributed by atoms with E-state index in [-0.39, 0.29) is 31.1 Å². The molecule has 0 aliphatic heterocycles. The molecule has 0 aromatic carbocycles. The molecular weight excluding hydrogens is 793 g/mol. The molecule has 0 aromatic heterocycles. The average Bonchev–Trinajstić information content (AvgIpc) is 3.29. The largest absolute Gasteiger partial charge is 0.462 e. The van der Waals surface area contributed by atoms with Crippen molar-refractivity contribution in [2.24, 2.45) is 0 Å². The second kappa shape index (κ2) is 53.5. The van der Waals surface area contributed by atoms with Crippen LogP contribution in [0.4, 0.5) is 0 Å². The Kier molecular flexibility index (Phi) is 51.7. The molecule has 0 N–H and O–H groups in total. The van der Waals surface area contributed by atoms with Crippen LogP contribution in [0.2, 0.25) is 0 Å². The lowest BCUT2D eigenvalue weighted by Crippen LogP contribution is -2.30. The third kappa shape index (κ3) is 50.9. The molecule has 1 unspecified atom stereocenters. The van der Waals surface area contributed by atoms with Crippen LogP contribution in [0.15, 0.2) is 24.3 Å². The highest BCUT2D eigenvalue weighted by Crippen LogP contribution is 2.17. The van der Waals surface area contributed by atoms with Crippen molar-refractivity contribution < 1.29 is 28.6 Å². The first kappa shape index (κ1) is 61.9. The summed E-state index contributed by atoms with van der Waals surface area (Å²) in [7, 11) is 0. The predicted octanol–water partition coefficient (Wildman–Crippen LogP) is 18.7. The summed E-state index contributed by atoms with van der Waals surface area (Å²) in [5, 5.41) is 0. The van der Waals surface area contributed by atoms with E-state index in [9.17, 15) is 14.4 Å². The lowest BCUT2D eigenvalue weighted by molar-refractivity contribution is -0.167. The van der Waals surface area contributed by atoms with E-state index >= 15 is 0 Å². The van der Waals surface area contributed by atoms with Crippen molar-refractivity contribution in [2.75, 3.05) is 13.2 Å². The highest BCUT2D eigenvalue weighted by molar-refractivity contribution is 5.71. The Labute approximate surface area is 398 Å². The van der Waals surface area contributed by atoms with Crippen molar-refractivity contribution in [1.29, 1.82) is 0 Å². The van der Waals surface area contributed by atoms with Crippen LogP contribution in [0.5, 0.6) is 0 Å². The molecule has 1 atom stereocenters. The van der Waals surface area contributed by atoms with Gasteiger partial charge in [-0.15, -0.1) is 0 Å². The number of ether oxygens (including phenoxy) is 3. The smallest absolute Gasteiger partial charge is 0.306 e. The predicted molar refractivity (Wildman–Crippen MR) is 275 cm³/mol. The zero-order valence-electron chi connectivity index (χ0n) is 43.1. The van der Waals surface area contributed by atoms with Crippen LogP contribution >= 0.6 is 0 Å². The molecule has 0 radical (unpaired) electrons. The summed E-state index contributed by atoms with van der Waals surface area (Å²) in [6.45, 7) is 6.62. The van der Waals surface area contributed by atoms with Gasteiger partial charge in [-0.25, -0.2) is 0 Å². The minimum absolute atomic E-state index is 0.0699. The fourth-order valence-corrected chi connectivity index (χ4v) is 8.42. The van der Waals surface area contributed by atoms with Crippen molar-refractivity contribution >= 4 is 17.9 Å². The first-order valence-corrected chi connectivity index (χ1v) is 28.3. The van der Waals surface area contributed by atoms with Gasteiger partial charge in [-0.05, 0) is 51.4 Å². The summed E-state index contributed by atoms with van der Waals surface area (Å²) in [4.78, 5) is 37.9. The lowest BCUT2D eigenvalue weighted by atomic mass is 10.0. The van der Waals surface area contributed by atoms with E-state index in [4.69, 9.17) is 14.2 Å². The molecule has 0 fully saturated rings. The number of esters is 3. The Morgan fingerprint density at radius 1 is 0.312 bits per heavy atom. The van der Waals surface area contributed by atoms with E-state index in [1.54, 1.807) is 0 Å². The molecule has 0 rings (SSSR count). The zero-order valence-corrected chi connectivity index (χ0v) is 43.1. The molecule has 6 nitrogen and oxygen atoms in total. The topological polar surface area (TPSA) is 78.9 Å². The number of carbonyl (C=O) groups is 3. The van der Waals surface area contributed by atoms with Gasteiger partial charge in [0.15, 0.2) is 6.10 Å². The van der Waals surface area contributed by atoms with E-state index in [2.05, 4.69) is 45.1 Å². The van der Waals surface area contributed by atoms with E-state index in [0.29, 0.717) is 19.3 Å². The van der Waals surface area contributed by atoms with Crippen LogP contribution in [-0.2, 0) is 28.6 Å². The van der Waals surface area contributed by atoms with Crippen molar-refractivity contribution in [2.45, 2.75) is 316 Å². The molecule has 0 heterocycles. The number of unbranched alkanes of at least 4 members (excludes halogenated alkanes) is 37. The second-order valence-corrected chi connectivity index (χ2v) is 19.2. The fraction of sp³-hybridized carbons (Fsp3) is 0.879. The molecule has 0 aliphatic carbocycles. The summed E-state index contributed by atoms with van der Waals surface area (Å²) < 4.78 is 16.8. The van der Waals surface area contributed by atoms with Gasteiger partial charge in [0.25, 0.3) is 0 Å². The first-order chi connectivity index (χ1) is 31.5. The maximum absolute atomic E-state index is 12.8. The van der Waals surface area contributed by atoms with E-state index in [1.165, 1.54) is 199 Å². The van der Waals surface area contributed by atoms with Gasteiger partial charge in [-0.2, -0.15) is 0 Å². The van der Waals surface area contributed by atoms with Gasteiger partial charge in [-0.3, -0.25) is 14.4 Å². The van der Waals surface area contributed by atoms with E-state index in [0.717, 1.165) is 70.6 Å². The minimum atomic E-state index is -0.769. The molecule has 0 saturated carbocycles. The van der Waals surface area contributed by atoms with Crippen LogP contribution in [-0.4, -0.2) is 37.2 Å². The Balaban J connectivity index is 4.16. The van der Waals surface area contributed by atoms with Crippen molar-refractivity contribution in [1.82, 2.24) is 0 Å². The molecular formula is C58H108O6. The lowest BCUT2D eigenvalue weighted by Gasteiger charge is -2.18. The number of carbonyl (C=O) groups excluding carboxylic acids is 3. The van der Waals surface area contributed by atoms with Gasteiger partial charge in [-0.1, -0.05) is 263 Å². The minimum Gasteiger partial charge on any atom is -0.462 e. The van der Waals surface area contributed by atoms with Crippen LogP contribution < -0.4 is 0 Å². The number of hydrogen-bond acceptors (Lipinski definition) is 6. The van der Waals surface area contributed by atoms with Crippen molar-refractivity contribution in [3.8, 4) is 0 Å². The summed E-state index contributed by atoms with van der Waals surface area (Å²) >= 11 is 0. The number of hydrogen-bond donors (Lipinski definition) is 0. The third-order valence-corrected chi connectivity index (χ3v) is 12.7. The number of allylic oxidation sites excluding steroid dienone is 4. The van der Waals surface area contributed by atoms with Crippen LogP contribution in [0.3, 0.4) is 0 Å². The van der Waals surface area contributed by atoms with Crippen LogP contribution in [0, 0.1) is 0 Å². The van der Waals surface area contributed by atoms with Gasteiger partial charge in [0.05, 0.1) is 0 Å². The summed E-state index contributed by atoms with van der Waals surface area (Å²) in [5.41, 5.74) is 0. The summed E-state index contributed by atoms with van der Waals surface area (Å²) in [6, 6.07) is 0. The molecule has 64 heavy (non-hydrogen) atoms. The molecule has 0 aliphatic rings. The van der Waals surface area contributed by atoms with Crippen molar-refractivity contribution in [3.05, 3.63) is 24.3 Å². The molecule has 0 bridgehead atoms. The first-order valence-electron chi connectivity index (χ1n) is 28.3. The van der Waals surface area contributed by atoms with Crippen LogP contribution in [0.25, 0.3) is 0 Å². The third-order valence-electron chi connectivity index (χ3n) is 12.7. The summed E-state index contributed by atoms with van der Waals surface area (Å²) in [5.74, 6) is -0.867. The Bertz CT molecular complexity index is 1040. The molecule has 0 spiro atoms. The monoisotopic (exact) mass is 901 g/mol. The molecule has 0 amide bonds. The highest BCUT2D eigenvalue weighted by atomic mass is 16.6. The molecule has 376 valence electrons. The van der Waals surface area contributed by atoms with Crippen LogP contribution in [0.1, 0.15) is 310 Å². The Morgan fingerprint density at radius 3 is 0.875 bits per heavy atom. The zero-order chi connectivity index (χ0) is 46.5. The Morgan fingerprint density at radius 2 is 0.562 bits per heavy atom. The average molecular weight is 901 g/mol. The standard InChI is InChI=1S/C58H108O6/c1-4-7-10-13-16-18-20-22-24-26-28-29-30-32-33-35-37-39-42-45-48-51-57(60)63-54-55(53-62-56(59)50-47-44-41-15-12-9-6-3)64-58(61)52-49-46-43-40-38-36-34-31-27-25-23-21-19-17-14-11-8-5-2/h19,21,25,27,55H,4-18,20,22-24,26,28-54H2,1-3H3/b21-19-,27-25-. The van der Waals surface area contributed by atoms with Crippen molar-refractivity contribution in [3.63, 3.8) is 0 Å². The quantitative estimate of drug-likeness (QED) is 0.0262. The SMILES string of the molecule is CCCCCC/C=C\C/C=C\CCCCCCCCCC(=O)OC(COC(=O)CCCCCCCCC)COC(=O)CCCCCCCCCCCCCCCCCCCCCCC. The maximum Gasteiger partial charge on any atom is 0.306 e. The van der Waals surface area contributed by atoms with E-state index < -0.39 is 6.10 Å². The van der Waals surface area contributed by atoms with Gasteiger partial charge in [0.1, 0.15) is 13.2 Å². The fourth-order valence-electron chi connectivity index (χ4n) is 8.42. The van der Waals surface area contributed by atoms with Gasteiger partial charge < -0.3 is 14.2 Å². The molecule has 6 heteroatoms. The van der Waals surface area contributed by atoms with Gasteiger partial charge in [0, 0.05) is 19.3 Å². The highest BCUT2D eigenvalue weighted by Gasteiger charge is 2.19. The molecule has 0 saturated heterocycles. The van der Waals surface area contributed by atoms with Gasteiger partial charge in [0.2, 0.25) is 0 Å². The van der Waals surface area contributed by atoms with E-state index in [1.807, 2.05) is 0 Å². The normalized spacial score (nSPS) is 12.1. The second-order valence-electron chi connectivity index (χ2n) is 19.2.